The van der Waals surface area contributed by atoms with Crippen LogP contribution in [0.15, 0.2) is 66.7 Å². The Morgan fingerprint density at radius 3 is 2.20 bits per heavy atom. The van der Waals surface area contributed by atoms with Gasteiger partial charge in [-0.2, -0.15) is 0 Å². The molecule has 9 nitrogen and oxygen atoms in total. The first kappa shape index (κ1) is 28.3. The number of imide groups is 1. The molecule has 0 aliphatic carbocycles. The van der Waals surface area contributed by atoms with Gasteiger partial charge in [-0.25, -0.2) is 4.90 Å². The van der Waals surface area contributed by atoms with Gasteiger partial charge in [0, 0.05) is 11.6 Å². The summed E-state index contributed by atoms with van der Waals surface area (Å²) in [5.41, 5.74) is 1.42. The zero-order valence-electron chi connectivity index (χ0n) is 23.3. The molecule has 9 heteroatoms. The van der Waals surface area contributed by atoms with Crippen molar-refractivity contribution in [3.8, 4) is 11.5 Å². The molecule has 0 radical (unpaired) electrons. The number of anilines is 1. The van der Waals surface area contributed by atoms with Gasteiger partial charge in [-0.1, -0.05) is 74.5 Å². The van der Waals surface area contributed by atoms with Crippen LogP contribution >= 0.6 is 0 Å². The first-order valence-corrected chi connectivity index (χ1v) is 13.8. The van der Waals surface area contributed by atoms with Crippen molar-refractivity contribution in [1.82, 2.24) is 5.32 Å². The number of benzene rings is 3. The van der Waals surface area contributed by atoms with E-state index in [1.165, 1.54) is 7.11 Å². The summed E-state index contributed by atoms with van der Waals surface area (Å²) in [4.78, 5) is 42.4. The van der Waals surface area contributed by atoms with E-state index in [4.69, 9.17) is 9.47 Å². The average Bonchev–Trinajstić information content (AvgIpc) is 3.49. The van der Waals surface area contributed by atoms with Crippen LogP contribution in [0.2, 0.25) is 0 Å². The molecule has 0 spiro atoms. The number of methoxy groups -OCH3 is 1. The lowest BCUT2D eigenvalue weighted by atomic mass is 9.79. The van der Waals surface area contributed by atoms with Crippen LogP contribution in [0.5, 0.6) is 11.5 Å². The molecule has 4 unspecified atom stereocenters. The Morgan fingerprint density at radius 2 is 1.61 bits per heavy atom. The van der Waals surface area contributed by atoms with Crippen LogP contribution in [0.1, 0.15) is 42.1 Å². The Morgan fingerprint density at radius 1 is 0.951 bits per heavy atom. The second-order valence-corrected chi connectivity index (χ2v) is 10.4. The van der Waals surface area contributed by atoms with Crippen molar-refractivity contribution < 1.29 is 34.1 Å². The molecule has 0 saturated carbocycles. The lowest BCUT2D eigenvalue weighted by Crippen LogP contribution is -2.58. The minimum Gasteiger partial charge on any atom is -0.493 e. The largest absolute Gasteiger partial charge is 0.493 e. The number of carboxylic acids is 1. The van der Waals surface area contributed by atoms with Crippen LogP contribution in [-0.2, 0) is 33.8 Å². The van der Waals surface area contributed by atoms with Gasteiger partial charge in [-0.05, 0) is 35.6 Å². The van der Waals surface area contributed by atoms with Crippen LogP contribution in [0, 0.1) is 11.8 Å². The van der Waals surface area contributed by atoms with Crippen LogP contribution in [0.4, 0.5) is 5.69 Å². The number of para-hydroxylation sites is 2. The molecule has 41 heavy (non-hydrogen) atoms. The fraction of sp³-hybridized carbons (Fsp3) is 0.344. The number of aliphatic carboxylic acids is 1. The summed E-state index contributed by atoms with van der Waals surface area (Å²) < 4.78 is 11.8. The summed E-state index contributed by atoms with van der Waals surface area (Å²) >= 11 is 0. The molecule has 0 bridgehead atoms. The third kappa shape index (κ3) is 4.55. The Balaban J connectivity index is 1.65. The number of carboxylic acid groups (broad SMARTS) is 1. The molecule has 3 N–H and O–H groups in total. The van der Waals surface area contributed by atoms with Gasteiger partial charge in [0.05, 0.1) is 31.2 Å². The zero-order chi connectivity index (χ0) is 29.3. The SMILES string of the molecule is CCc1cccc(CC)c1N1C(=O)C2C(c3cccc(OC)c3OCc3ccccc3)NC(CO)(C(=O)O)C2C1=O. The molecular weight excluding hydrogens is 524 g/mol. The van der Waals surface area contributed by atoms with Crippen LogP contribution in [0.25, 0.3) is 0 Å². The Labute approximate surface area is 238 Å². The standard InChI is InChI=1S/C32H34N2O7/c1-4-20-13-9-14-21(5-2)27(20)34-29(36)24-25(30(34)37)32(18-35,31(38)39)33-26(24)22-15-10-16-23(40-3)28(22)41-17-19-11-7-6-8-12-19/h6-16,24-26,33,35H,4-5,17-18H2,1-3H3,(H,38,39). The van der Waals surface area contributed by atoms with Crippen molar-refractivity contribution in [3.63, 3.8) is 0 Å². The number of fused-ring (bicyclic) bond motifs is 1. The smallest absolute Gasteiger partial charge is 0.327 e. The van der Waals surface area contributed by atoms with Gasteiger partial charge in [-0.15, -0.1) is 0 Å². The number of aliphatic hydroxyl groups is 1. The normalized spacial score (nSPS) is 23.5. The molecule has 2 aliphatic heterocycles. The Bertz CT molecular complexity index is 1450. The second kappa shape index (κ2) is 11.3. The van der Waals surface area contributed by atoms with Gasteiger partial charge < -0.3 is 19.7 Å². The molecule has 2 heterocycles. The van der Waals surface area contributed by atoms with E-state index in [0.29, 0.717) is 35.6 Å². The fourth-order valence-corrected chi connectivity index (χ4v) is 6.23. The lowest BCUT2D eigenvalue weighted by molar-refractivity contribution is -0.150. The Hall–Kier alpha value is -4.21. The average molecular weight is 559 g/mol. The van der Waals surface area contributed by atoms with E-state index in [-0.39, 0.29) is 6.61 Å². The maximum Gasteiger partial charge on any atom is 0.327 e. The van der Waals surface area contributed by atoms with E-state index < -0.39 is 47.8 Å². The van der Waals surface area contributed by atoms with Gasteiger partial charge in [0.2, 0.25) is 11.8 Å². The number of hydrogen-bond acceptors (Lipinski definition) is 7. The number of nitrogens with zero attached hydrogens (tertiary/aromatic N) is 1. The van der Waals surface area contributed by atoms with E-state index in [9.17, 15) is 24.6 Å². The molecule has 4 atom stereocenters. The predicted octanol–water partition coefficient (Wildman–Crippen LogP) is 3.66. The highest BCUT2D eigenvalue weighted by molar-refractivity contribution is 6.25. The number of amides is 2. The third-order valence-electron chi connectivity index (χ3n) is 8.26. The number of ether oxygens (including phenoxy) is 2. The summed E-state index contributed by atoms with van der Waals surface area (Å²) in [6, 6.07) is 19.3. The summed E-state index contributed by atoms with van der Waals surface area (Å²) in [6.45, 7) is 3.20. The maximum absolute atomic E-state index is 14.3. The minimum atomic E-state index is -2.08. The highest BCUT2D eigenvalue weighted by Gasteiger charge is 2.69. The van der Waals surface area contributed by atoms with Gasteiger partial charge in [0.15, 0.2) is 17.0 Å². The van der Waals surface area contributed by atoms with Gasteiger partial charge in [0.25, 0.3) is 0 Å². The number of nitrogens with one attached hydrogen (secondary N) is 1. The molecule has 2 amide bonds. The van der Waals surface area contributed by atoms with Gasteiger partial charge >= 0.3 is 5.97 Å². The molecule has 3 aromatic carbocycles. The quantitative estimate of drug-likeness (QED) is 0.322. The third-order valence-corrected chi connectivity index (χ3v) is 8.26. The molecule has 0 aromatic heterocycles. The van der Waals surface area contributed by atoms with E-state index >= 15 is 0 Å². The summed E-state index contributed by atoms with van der Waals surface area (Å²) in [7, 11) is 1.49. The molecule has 214 valence electrons. The number of hydrogen-bond donors (Lipinski definition) is 3. The van der Waals surface area contributed by atoms with E-state index in [1.807, 2.05) is 62.4 Å². The van der Waals surface area contributed by atoms with Gasteiger partial charge in [-0.3, -0.25) is 19.7 Å². The first-order chi connectivity index (χ1) is 19.8. The highest BCUT2D eigenvalue weighted by atomic mass is 16.5. The molecule has 2 saturated heterocycles. The van der Waals surface area contributed by atoms with Crippen molar-refractivity contribution in [2.45, 2.75) is 44.9 Å². The number of aryl methyl sites for hydroxylation is 2. The van der Waals surface area contributed by atoms with Crippen molar-refractivity contribution in [2.24, 2.45) is 11.8 Å². The summed E-state index contributed by atoms with van der Waals surface area (Å²) in [5.74, 6) is -4.28. The number of carbonyl (C=O) groups is 3. The van der Waals surface area contributed by atoms with Crippen molar-refractivity contribution >= 4 is 23.5 Å². The fourth-order valence-electron chi connectivity index (χ4n) is 6.23. The topological polar surface area (TPSA) is 125 Å². The molecule has 2 fully saturated rings. The zero-order valence-corrected chi connectivity index (χ0v) is 23.3. The highest BCUT2D eigenvalue weighted by Crippen LogP contribution is 2.53. The summed E-state index contributed by atoms with van der Waals surface area (Å²) in [6.07, 6.45) is 1.16. The molecular formula is C32H34N2O7. The molecule has 3 aromatic rings. The van der Waals surface area contributed by atoms with E-state index in [1.54, 1.807) is 18.2 Å². The number of aliphatic hydroxyl groups excluding tert-OH is 1. The van der Waals surface area contributed by atoms with Crippen LogP contribution in [0.3, 0.4) is 0 Å². The summed E-state index contributed by atoms with van der Waals surface area (Å²) in [5, 5.41) is 23.9. The van der Waals surface area contributed by atoms with Gasteiger partial charge in [0.1, 0.15) is 6.61 Å². The first-order valence-electron chi connectivity index (χ1n) is 13.8. The molecule has 5 rings (SSSR count). The second-order valence-electron chi connectivity index (χ2n) is 10.4. The van der Waals surface area contributed by atoms with Crippen molar-refractivity contribution in [3.05, 3.63) is 89.0 Å². The van der Waals surface area contributed by atoms with Crippen molar-refractivity contribution in [2.75, 3.05) is 18.6 Å². The maximum atomic E-state index is 14.3. The van der Waals surface area contributed by atoms with Crippen molar-refractivity contribution in [1.29, 1.82) is 0 Å². The number of carbonyl (C=O) groups excluding carboxylic acids is 2. The molecule has 2 aliphatic rings. The van der Waals surface area contributed by atoms with Crippen LogP contribution < -0.4 is 19.7 Å². The number of rotatable bonds is 10. The minimum absolute atomic E-state index is 0.196. The predicted molar refractivity (Wildman–Crippen MR) is 152 cm³/mol. The van der Waals surface area contributed by atoms with E-state index in [0.717, 1.165) is 21.6 Å². The lowest BCUT2D eigenvalue weighted by Gasteiger charge is -2.30. The van der Waals surface area contributed by atoms with Crippen LogP contribution in [-0.4, -0.2) is 47.3 Å². The monoisotopic (exact) mass is 558 g/mol. The van der Waals surface area contributed by atoms with E-state index in [2.05, 4.69) is 5.32 Å². The Kier molecular flexibility index (Phi) is 7.84.